The summed E-state index contributed by atoms with van der Waals surface area (Å²) in [7, 11) is 0. The highest BCUT2D eigenvalue weighted by atomic mass is 16.5. The second-order valence-corrected chi connectivity index (χ2v) is 8.41. The van der Waals surface area contributed by atoms with Gasteiger partial charge < -0.3 is 14.2 Å². The second-order valence-electron chi connectivity index (χ2n) is 8.41. The van der Waals surface area contributed by atoms with Gasteiger partial charge in [-0.1, -0.05) is 49.4 Å². The van der Waals surface area contributed by atoms with Gasteiger partial charge in [-0.15, -0.1) is 0 Å². The summed E-state index contributed by atoms with van der Waals surface area (Å²) in [4.78, 5) is 15.5. The van der Waals surface area contributed by atoms with Crippen LogP contribution in [0, 0.1) is 5.92 Å². The highest BCUT2D eigenvalue weighted by Gasteiger charge is 2.30. The van der Waals surface area contributed by atoms with Gasteiger partial charge in [0.05, 0.1) is 12.1 Å². The molecule has 1 fully saturated rings. The molecule has 0 saturated carbocycles. The molecule has 0 N–H and O–H groups in total. The van der Waals surface area contributed by atoms with Crippen molar-refractivity contribution in [1.82, 2.24) is 9.47 Å². The number of hydrogen-bond acceptors (Lipinski definition) is 2. The number of aromatic nitrogens is 1. The molecule has 29 heavy (non-hydrogen) atoms. The third-order valence-electron chi connectivity index (χ3n) is 6.51. The molecule has 0 unspecified atom stereocenters. The van der Waals surface area contributed by atoms with Crippen LogP contribution in [0.5, 0.6) is 5.75 Å². The molecule has 0 aliphatic carbocycles. The number of amides is 1. The van der Waals surface area contributed by atoms with Gasteiger partial charge >= 0.3 is 0 Å². The molecule has 0 radical (unpaired) electrons. The molecule has 1 amide bonds. The summed E-state index contributed by atoms with van der Waals surface area (Å²) < 4.78 is 8.31. The Balaban J connectivity index is 1.33. The van der Waals surface area contributed by atoms with Crippen LogP contribution >= 0.6 is 0 Å². The molecule has 1 atom stereocenters. The third kappa shape index (κ3) is 3.41. The molecule has 150 valence electrons. The number of carbonyl (C=O) groups is 1. The summed E-state index contributed by atoms with van der Waals surface area (Å²) in [6, 6.07) is 18.9. The van der Waals surface area contributed by atoms with Gasteiger partial charge in [0.25, 0.3) is 5.91 Å². The lowest BCUT2D eigenvalue weighted by atomic mass is 9.90. The molecule has 2 aliphatic rings. The highest BCUT2D eigenvalue weighted by molar-refractivity contribution is 6.00. The molecule has 4 nitrogen and oxygen atoms in total. The van der Waals surface area contributed by atoms with Crippen LogP contribution in [0.3, 0.4) is 0 Å². The summed E-state index contributed by atoms with van der Waals surface area (Å²) in [6.45, 7) is 4.58. The largest absolute Gasteiger partial charge is 0.486 e. The number of piperidine rings is 1. The summed E-state index contributed by atoms with van der Waals surface area (Å²) in [6.07, 6.45) is 4.33. The van der Waals surface area contributed by atoms with Gasteiger partial charge in [-0.3, -0.25) is 4.79 Å². The summed E-state index contributed by atoms with van der Waals surface area (Å²) in [5.74, 6) is 1.74. The van der Waals surface area contributed by atoms with Crippen molar-refractivity contribution in [3.63, 3.8) is 0 Å². The van der Waals surface area contributed by atoms with Crippen molar-refractivity contribution in [3.05, 3.63) is 65.9 Å². The van der Waals surface area contributed by atoms with E-state index in [1.807, 2.05) is 12.1 Å². The highest BCUT2D eigenvalue weighted by Crippen LogP contribution is 2.35. The minimum atomic E-state index is 0.128. The normalized spacial score (nSPS) is 19.3. The first-order valence-corrected chi connectivity index (χ1v) is 10.8. The standard InChI is InChI=1S/C25H28N2O2/c1-2-21-17-27-22(16-20-9-6-10-23(29-21)24(20)27)25(28)26-13-11-19(12-14-26)15-18-7-4-3-5-8-18/h3-10,16,19,21H,2,11-15,17H2,1H3/t21-/m0/s1. The maximum Gasteiger partial charge on any atom is 0.270 e. The average Bonchev–Trinajstić information content (AvgIpc) is 3.14. The average molecular weight is 389 g/mol. The topological polar surface area (TPSA) is 34.5 Å². The Morgan fingerprint density at radius 3 is 2.62 bits per heavy atom. The number of ether oxygens (including phenoxy) is 1. The molecule has 3 aromatic rings. The zero-order valence-corrected chi connectivity index (χ0v) is 17.0. The monoisotopic (exact) mass is 388 g/mol. The maximum atomic E-state index is 13.4. The fourth-order valence-corrected chi connectivity index (χ4v) is 4.83. The minimum Gasteiger partial charge on any atom is -0.486 e. The molecule has 5 rings (SSSR count). The van der Waals surface area contributed by atoms with E-state index in [-0.39, 0.29) is 12.0 Å². The Morgan fingerprint density at radius 1 is 1.07 bits per heavy atom. The number of para-hydroxylation sites is 1. The number of rotatable bonds is 4. The molecule has 2 aliphatic heterocycles. The lowest BCUT2D eigenvalue weighted by Gasteiger charge is -2.33. The van der Waals surface area contributed by atoms with Crippen LogP contribution in [0.2, 0.25) is 0 Å². The molecule has 2 aromatic carbocycles. The zero-order valence-electron chi connectivity index (χ0n) is 17.0. The van der Waals surface area contributed by atoms with Crippen molar-refractivity contribution in [2.75, 3.05) is 13.1 Å². The van der Waals surface area contributed by atoms with Crippen molar-refractivity contribution in [2.24, 2.45) is 5.92 Å². The van der Waals surface area contributed by atoms with E-state index in [1.165, 1.54) is 5.56 Å². The van der Waals surface area contributed by atoms with E-state index in [1.54, 1.807) is 0 Å². The molecule has 4 heteroatoms. The SMILES string of the molecule is CC[C@H]1Cn2c(C(=O)N3CCC(Cc4ccccc4)CC3)cc3cccc(c32)O1. The first-order valence-electron chi connectivity index (χ1n) is 10.8. The van der Waals surface area contributed by atoms with Crippen molar-refractivity contribution >= 4 is 16.8 Å². The van der Waals surface area contributed by atoms with Crippen LogP contribution in [-0.2, 0) is 13.0 Å². The zero-order chi connectivity index (χ0) is 19.8. The first-order chi connectivity index (χ1) is 14.2. The van der Waals surface area contributed by atoms with Crippen molar-refractivity contribution in [1.29, 1.82) is 0 Å². The van der Waals surface area contributed by atoms with Gasteiger partial charge in [0.15, 0.2) is 0 Å². The Labute approximate surface area is 172 Å². The van der Waals surface area contributed by atoms with Crippen LogP contribution in [-0.4, -0.2) is 34.6 Å². The quantitative estimate of drug-likeness (QED) is 0.637. The van der Waals surface area contributed by atoms with Gasteiger partial charge in [0.2, 0.25) is 0 Å². The number of benzene rings is 2. The van der Waals surface area contributed by atoms with Crippen LogP contribution in [0.25, 0.3) is 10.9 Å². The van der Waals surface area contributed by atoms with E-state index in [0.717, 1.165) is 67.7 Å². The molecule has 1 aromatic heterocycles. The first kappa shape index (κ1) is 18.3. The summed E-state index contributed by atoms with van der Waals surface area (Å²) in [5, 5.41) is 1.10. The van der Waals surface area contributed by atoms with Gasteiger partial charge in [-0.25, -0.2) is 0 Å². The third-order valence-corrected chi connectivity index (χ3v) is 6.51. The number of hydrogen-bond donors (Lipinski definition) is 0. The Hall–Kier alpha value is -2.75. The van der Waals surface area contributed by atoms with E-state index in [4.69, 9.17) is 4.74 Å². The molecule has 0 spiro atoms. The molecule has 3 heterocycles. The fourth-order valence-electron chi connectivity index (χ4n) is 4.83. The Kier molecular flexibility index (Phi) is 4.78. The Morgan fingerprint density at radius 2 is 1.86 bits per heavy atom. The van der Waals surface area contributed by atoms with Crippen LogP contribution < -0.4 is 4.74 Å². The summed E-state index contributed by atoms with van der Waals surface area (Å²) >= 11 is 0. The smallest absolute Gasteiger partial charge is 0.270 e. The number of nitrogens with zero attached hydrogens (tertiary/aromatic N) is 2. The predicted molar refractivity (Wildman–Crippen MR) is 115 cm³/mol. The van der Waals surface area contributed by atoms with Gasteiger partial charge in [0.1, 0.15) is 17.5 Å². The van der Waals surface area contributed by atoms with Crippen LogP contribution in [0.1, 0.15) is 42.2 Å². The van der Waals surface area contributed by atoms with Gasteiger partial charge in [-0.2, -0.15) is 0 Å². The second kappa shape index (κ2) is 7.58. The van der Waals surface area contributed by atoms with Gasteiger partial charge in [0, 0.05) is 18.5 Å². The van der Waals surface area contributed by atoms with E-state index >= 15 is 0 Å². The lowest BCUT2D eigenvalue weighted by Crippen LogP contribution is -2.40. The van der Waals surface area contributed by atoms with Crippen LogP contribution in [0.4, 0.5) is 0 Å². The van der Waals surface area contributed by atoms with E-state index < -0.39 is 0 Å². The van der Waals surface area contributed by atoms with E-state index in [2.05, 4.69) is 58.9 Å². The maximum absolute atomic E-state index is 13.4. The fraction of sp³-hybridized carbons (Fsp3) is 0.400. The molecular formula is C25H28N2O2. The lowest BCUT2D eigenvalue weighted by molar-refractivity contribution is 0.0674. The minimum absolute atomic E-state index is 0.128. The van der Waals surface area contributed by atoms with Crippen molar-refractivity contribution in [3.8, 4) is 5.75 Å². The number of likely N-dealkylation sites (tertiary alicyclic amines) is 1. The van der Waals surface area contributed by atoms with Crippen molar-refractivity contribution < 1.29 is 9.53 Å². The van der Waals surface area contributed by atoms with E-state index in [9.17, 15) is 4.79 Å². The number of carbonyl (C=O) groups excluding carboxylic acids is 1. The molecule has 0 bridgehead atoms. The molecule has 1 saturated heterocycles. The van der Waals surface area contributed by atoms with E-state index in [0.29, 0.717) is 5.92 Å². The predicted octanol–water partition coefficient (Wildman–Crippen LogP) is 4.91. The van der Waals surface area contributed by atoms with Crippen molar-refractivity contribution in [2.45, 2.75) is 45.3 Å². The van der Waals surface area contributed by atoms with Gasteiger partial charge in [-0.05, 0) is 49.3 Å². The summed E-state index contributed by atoms with van der Waals surface area (Å²) in [5.41, 5.74) is 3.29. The molecular weight excluding hydrogens is 360 g/mol. The Bertz CT molecular complexity index is 1020. The van der Waals surface area contributed by atoms with Crippen LogP contribution in [0.15, 0.2) is 54.6 Å².